The Morgan fingerprint density at radius 3 is 1.55 bits per heavy atom. The number of fused-ring (bicyclic) bond motifs is 2. The summed E-state index contributed by atoms with van der Waals surface area (Å²) in [5.74, 6) is -2.34. The van der Waals surface area contributed by atoms with Crippen LogP contribution >= 0.6 is 0 Å². The number of carbonyl (C=O) groups is 6. The number of hydrogen-bond donors (Lipinski definition) is 4. The lowest BCUT2D eigenvalue weighted by Crippen LogP contribution is -2.42. The Bertz CT molecular complexity index is 2900. The van der Waals surface area contributed by atoms with Gasteiger partial charge in [0.25, 0.3) is 23.6 Å². The zero-order valence-corrected chi connectivity index (χ0v) is 36.3. The predicted octanol–water partition coefficient (Wildman–Crippen LogP) is 6.86. The number of rotatable bonds is 11. The van der Waals surface area contributed by atoms with E-state index in [1.165, 1.54) is 45.4 Å². The SMILES string of the molecule is CCOc1ccc(C(C)=O)cc1C(=O)NC1N=C(c2ccccc2)c2ccccc2NC1=O.COC(=O)c1ccc(C(=O)NC2N=C(c3ccccc3)c3ccccc3NC2=O)c(OC)c1. The van der Waals surface area contributed by atoms with Crippen molar-refractivity contribution in [2.24, 2.45) is 9.98 Å². The molecule has 66 heavy (non-hydrogen) atoms. The number of esters is 1. The first-order chi connectivity index (χ1) is 32.0. The highest BCUT2D eigenvalue weighted by Crippen LogP contribution is 2.27. The number of para-hydroxylation sites is 2. The molecule has 0 saturated heterocycles. The molecule has 332 valence electrons. The highest BCUT2D eigenvalue weighted by molar-refractivity contribution is 6.21. The minimum Gasteiger partial charge on any atom is -0.496 e. The normalized spacial score (nSPS) is 14.8. The second-order valence-corrected chi connectivity index (χ2v) is 14.6. The number of ether oxygens (including phenoxy) is 3. The highest BCUT2D eigenvalue weighted by atomic mass is 16.5. The second kappa shape index (κ2) is 20.6. The molecule has 0 fully saturated rings. The van der Waals surface area contributed by atoms with Gasteiger partial charge in [-0.2, -0.15) is 0 Å². The molecule has 4 N–H and O–H groups in total. The number of anilines is 2. The molecule has 0 spiro atoms. The van der Waals surface area contributed by atoms with Gasteiger partial charge in [0.15, 0.2) is 5.78 Å². The summed E-state index contributed by atoms with van der Waals surface area (Å²) in [6, 6.07) is 42.5. The van der Waals surface area contributed by atoms with Crippen molar-refractivity contribution in [3.63, 3.8) is 0 Å². The molecule has 15 heteroatoms. The second-order valence-electron chi connectivity index (χ2n) is 14.6. The number of carbonyl (C=O) groups excluding carboxylic acids is 6. The number of Topliss-reactive ketones (excluding diaryl/α,β-unsaturated/α-hetero) is 1. The Labute approximate surface area is 379 Å². The molecule has 15 nitrogen and oxygen atoms in total. The van der Waals surface area contributed by atoms with Gasteiger partial charge in [0, 0.05) is 27.8 Å². The Morgan fingerprint density at radius 2 is 1.06 bits per heavy atom. The topological polar surface area (TPSA) is 203 Å². The molecule has 0 bridgehead atoms. The highest BCUT2D eigenvalue weighted by Gasteiger charge is 2.30. The van der Waals surface area contributed by atoms with E-state index in [-0.39, 0.29) is 28.2 Å². The maximum Gasteiger partial charge on any atom is 0.337 e. The lowest BCUT2D eigenvalue weighted by Gasteiger charge is -2.16. The number of benzene rings is 6. The van der Waals surface area contributed by atoms with Crippen molar-refractivity contribution in [3.05, 3.63) is 190 Å². The molecule has 6 aromatic rings. The molecule has 2 aliphatic heterocycles. The minimum absolute atomic E-state index is 0.149. The first-order valence-corrected chi connectivity index (χ1v) is 20.7. The van der Waals surface area contributed by atoms with Crippen molar-refractivity contribution >= 4 is 58.2 Å². The lowest BCUT2D eigenvalue weighted by atomic mass is 10.0. The number of methoxy groups -OCH3 is 2. The molecule has 0 radical (unpaired) electrons. The Kier molecular flexibility index (Phi) is 14.2. The van der Waals surface area contributed by atoms with Gasteiger partial charge >= 0.3 is 5.97 Å². The maximum atomic E-state index is 13.2. The number of hydrogen-bond acceptors (Lipinski definition) is 11. The smallest absolute Gasteiger partial charge is 0.337 e. The van der Waals surface area contributed by atoms with Gasteiger partial charge in [-0.05, 0) is 62.4 Å². The van der Waals surface area contributed by atoms with Crippen molar-refractivity contribution in [2.45, 2.75) is 26.2 Å². The summed E-state index contributed by atoms with van der Waals surface area (Å²) in [6.07, 6.45) is -2.37. The summed E-state index contributed by atoms with van der Waals surface area (Å²) < 4.78 is 15.5. The van der Waals surface area contributed by atoms with Crippen LogP contribution in [0.15, 0.2) is 156 Å². The van der Waals surface area contributed by atoms with Crippen molar-refractivity contribution < 1.29 is 43.0 Å². The van der Waals surface area contributed by atoms with Crippen LogP contribution in [0.1, 0.15) is 77.5 Å². The van der Waals surface area contributed by atoms with Crippen LogP contribution in [0.2, 0.25) is 0 Å². The summed E-state index contributed by atoms with van der Waals surface area (Å²) in [6.45, 7) is 3.56. The Morgan fingerprint density at radius 1 is 0.576 bits per heavy atom. The fourth-order valence-electron chi connectivity index (χ4n) is 7.10. The summed E-state index contributed by atoms with van der Waals surface area (Å²) >= 11 is 0. The van der Waals surface area contributed by atoms with Gasteiger partial charge in [-0.25, -0.2) is 14.8 Å². The predicted molar refractivity (Wildman–Crippen MR) is 249 cm³/mol. The number of amides is 4. The van der Waals surface area contributed by atoms with Crippen LogP contribution in [-0.2, 0) is 14.3 Å². The number of nitrogens with zero attached hydrogens (tertiary/aromatic N) is 2. The van der Waals surface area contributed by atoms with E-state index in [2.05, 4.69) is 31.3 Å². The number of benzodiazepines with no additional fused rings is 2. The molecular formula is C51H44N6O9. The quantitative estimate of drug-likeness (QED) is 0.0792. The number of aliphatic imine (C=N–C) groups is 2. The van der Waals surface area contributed by atoms with Gasteiger partial charge in [0.1, 0.15) is 11.5 Å². The third kappa shape index (κ3) is 10.2. The fraction of sp³-hybridized carbons (Fsp3) is 0.137. The van der Waals surface area contributed by atoms with Gasteiger partial charge in [-0.1, -0.05) is 97.1 Å². The van der Waals surface area contributed by atoms with E-state index in [4.69, 9.17) is 14.2 Å². The molecule has 0 aliphatic carbocycles. The van der Waals surface area contributed by atoms with Crippen molar-refractivity contribution in [1.29, 1.82) is 0 Å². The summed E-state index contributed by atoms with van der Waals surface area (Å²) in [5, 5.41) is 11.0. The molecule has 8 rings (SSSR count). The van der Waals surface area contributed by atoms with Crippen molar-refractivity contribution in [1.82, 2.24) is 10.6 Å². The summed E-state index contributed by atoms with van der Waals surface area (Å²) in [5.41, 5.74) is 6.39. The van der Waals surface area contributed by atoms with E-state index in [1.807, 2.05) is 97.1 Å². The van der Waals surface area contributed by atoms with Gasteiger partial charge in [0.05, 0.1) is 60.3 Å². The van der Waals surface area contributed by atoms with Crippen LogP contribution in [0, 0.1) is 0 Å². The monoisotopic (exact) mass is 884 g/mol. The number of ketones is 1. The van der Waals surface area contributed by atoms with Crippen LogP contribution in [0.25, 0.3) is 0 Å². The first kappa shape index (κ1) is 45.3. The molecule has 0 saturated carbocycles. The largest absolute Gasteiger partial charge is 0.496 e. The Balaban J connectivity index is 0.000000196. The van der Waals surface area contributed by atoms with Crippen LogP contribution in [0.3, 0.4) is 0 Å². The molecule has 2 atom stereocenters. The molecule has 2 heterocycles. The van der Waals surface area contributed by atoms with E-state index in [1.54, 1.807) is 31.2 Å². The van der Waals surface area contributed by atoms with Crippen molar-refractivity contribution in [3.8, 4) is 11.5 Å². The summed E-state index contributed by atoms with van der Waals surface area (Å²) in [7, 11) is 2.65. The first-order valence-electron chi connectivity index (χ1n) is 20.7. The lowest BCUT2D eigenvalue weighted by molar-refractivity contribution is -0.118. The number of nitrogens with one attached hydrogen (secondary N) is 4. The zero-order chi connectivity index (χ0) is 46.7. The third-order valence-electron chi connectivity index (χ3n) is 10.3. The van der Waals surface area contributed by atoms with Gasteiger partial charge in [0.2, 0.25) is 12.3 Å². The van der Waals surface area contributed by atoms with Crippen LogP contribution in [0.4, 0.5) is 11.4 Å². The molecule has 0 aromatic heterocycles. The van der Waals surface area contributed by atoms with Gasteiger partial charge in [-0.3, -0.25) is 24.0 Å². The van der Waals surface area contributed by atoms with E-state index in [9.17, 15) is 28.8 Å². The molecule has 2 aliphatic rings. The van der Waals surface area contributed by atoms with E-state index < -0.39 is 41.9 Å². The van der Waals surface area contributed by atoms with Gasteiger partial charge < -0.3 is 35.5 Å². The summed E-state index contributed by atoms with van der Waals surface area (Å²) in [4.78, 5) is 85.1. The van der Waals surface area contributed by atoms with E-state index in [0.29, 0.717) is 40.7 Å². The minimum atomic E-state index is -1.19. The van der Waals surface area contributed by atoms with Crippen LogP contribution in [-0.4, -0.2) is 80.0 Å². The molecule has 2 unspecified atom stereocenters. The molecular weight excluding hydrogens is 841 g/mol. The third-order valence-corrected chi connectivity index (χ3v) is 10.3. The Hall–Kier alpha value is -8.72. The molecule has 6 aromatic carbocycles. The van der Waals surface area contributed by atoms with Gasteiger partial charge in [-0.15, -0.1) is 0 Å². The fourth-order valence-corrected chi connectivity index (χ4v) is 7.10. The maximum absolute atomic E-state index is 13.2. The van der Waals surface area contributed by atoms with Crippen LogP contribution < -0.4 is 30.7 Å². The van der Waals surface area contributed by atoms with E-state index in [0.717, 1.165) is 22.3 Å². The van der Waals surface area contributed by atoms with Crippen molar-refractivity contribution in [2.75, 3.05) is 31.5 Å². The standard InChI is InChI=1S/C26H23N3O4.C25H21N3O5/c1-3-33-22-14-13-18(16(2)30)15-20(22)25(31)29-24-26(32)27-21-12-8-7-11-19(21)23(28-24)17-9-5-4-6-10-17;1-32-20-14-16(25(31)33-2)12-13-18(20)23(29)28-22-24(30)26-19-11-7-6-10-17(19)21(27-22)15-8-4-3-5-9-15/h4-15,24H,3H2,1-2H3,(H,27,32)(H,29,31);3-14,22H,1-2H3,(H,26,30)(H,28,29). The van der Waals surface area contributed by atoms with Crippen LogP contribution in [0.5, 0.6) is 11.5 Å². The average molecular weight is 885 g/mol. The van der Waals surface area contributed by atoms with E-state index >= 15 is 0 Å². The molecule has 4 amide bonds. The average Bonchev–Trinajstić information content (AvgIpc) is 3.57. The zero-order valence-electron chi connectivity index (χ0n) is 36.3.